The molecule has 0 bridgehead atoms. The number of carbonyl (C=O) groups is 1. The summed E-state index contributed by atoms with van der Waals surface area (Å²) < 4.78 is 0. The van der Waals surface area contributed by atoms with Crippen molar-refractivity contribution < 1.29 is 9.90 Å². The smallest absolute Gasteiger partial charge is 0.337 e. The molecule has 0 radical (unpaired) electrons. The second-order valence-electron chi connectivity index (χ2n) is 3.41. The summed E-state index contributed by atoms with van der Waals surface area (Å²) in [5.41, 5.74) is 6.83. The van der Waals surface area contributed by atoms with Crippen molar-refractivity contribution in [1.29, 1.82) is 5.26 Å². The Labute approximate surface area is 93.7 Å². The molecule has 1 rings (SSSR count). The first-order valence-electron chi connectivity index (χ1n) is 4.77. The molecule has 84 valence electrons. The van der Waals surface area contributed by atoms with Gasteiger partial charge in [0, 0.05) is 19.3 Å². The molecule has 1 aromatic rings. The van der Waals surface area contributed by atoms with Gasteiger partial charge in [-0.15, -0.1) is 0 Å². The third-order valence-electron chi connectivity index (χ3n) is 2.22. The summed E-state index contributed by atoms with van der Waals surface area (Å²) in [6.45, 7) is 0.472. The zero-order valence-corrected chi connectivity index (χ0v) is 8.97. The lowest BCUT2D eigenvalue weighted by molar-refractivity contribution is 0.0697. The van der Waals surface area contributed by atoms with Gasteiger partial charge in [0.1, 0.15) is 0 Å². The number of rotatable bonds is 4. The van der Waals surface area contributed by atoms with Crippen molar-refractivity contribution in [2.45, 2.75) is 6.42 Å². The van der Waals surface area contributed by atoms with Gasteiger partial charge in [0.15, 0.2) is 0 Å². The zero-order chi connectivity index (χ0) is 12.1. The van der Waals surface area contributed by atoms with Gasteiger partial charge in [-0.1, -0.05) is 0 Å². The van der Waals surface area contributed by atoms with Crippen molar-refractivity contribution in [2.75, 3.05) is 24.2 Å². The Morgan fingerprint density at radius 3 is 2.88 bits per heavy atom. The standard InChI is InChI=1S/C11H13N3O2/c1-14(6-2-5-12)10-7-8(13)3-4-9(10)11(15)16/h3-4,7H,2,6,13H2,1H3,(H,15,16). The van der Waals surface area contributed by atoms with Crippen molar-refractivity contribution >= 4 is 17.3 Å². The molecule has 0 aliphatic rings. The van der Waals surface area contributed by atoms with E-state index in [0.29, 0.717) is 24.3 Å². The monoisotopic (exact) mass is 219 g/mol. The molecule has 0 unspecified atom stereocenters. The van der Waals surface area contributed by atoms with E-state index in [1.807, 2.05) is 6.07 Å². The fourth-order valence-corrected chi connectivity index (χ4v) is 1.38. The number of carboxylic acid groups (broad SMARTS) is 1. The van der Waals surface area contributed by atoms with Crippen LogP contribution in [-0.4, -0.2) is 24.7 Å². The number of nitrogens with two attached hydrogens (primary N) is 1. The first-order valence-corrected chi connectivity index (χ1v) is 4.77. The zero-order valence-electron chi connectivity index (χ0n) is 8.97. The molecule has 0 saturated carbocycles. The van der Waals surface area contributed by atoms with Gasteiger partial charge in [0.25, 0.3) is 0 Å². The molecule has 0 spiro atoms. The summed E-state index contributed by atoms with van der Waals surface area (Å²) in [6.07, 6.45) is 0.338. The predicted octanol–water partition coefficient (Wildman–Crippen LogP) is 1.32. The van der Waals surface area contributed by atoms with Gasteiger partial charge in [-0.3, -0.25) is 0 Å². The average molecular weight is 219 g/mol. The Bertz CT molecular complexity index is 437. The van der Waals surface area contributed by atoms with Crippen LogP contribution >= 0.6 is 0 Å². The lowest BCUT2D eigenvalue weighted by Crippen LogP contribution is -2.21. The molecular weight excluding hydrogens is 206 g/mol. The summed E-state index contributed by atoms with van der Waals surface area (Å²) in [4.78, 5) is 12.7. The van der Waals surface area contributed by atoms with Crippen molar-refractivity contribution in [3.8, 4) is 6.07 Å². The van der Waals surface area contributed by atoms with E-state index in [1.165, 1.54) is 6.07 Å². The highest BCUT2D eigenvalue weighted by atomic mass is 16.4. The minimum atomic E-state index is -1.00. The van der Waals surface area contributed by atoms with E-state index < -0.39 is 5.97 Å². The van der Waals surface area contributed by atoms with Crippen molar-refractivity contribution in [2.24, 2.45) is 0 Å². The second-order valence-corrected chi connectivity index (χ2v) is 3.41. The first kappa shape index (κ1) is 11.9. The number of nitriles is 1. The summed E-state index contributed by atoms with van der Waals surface area (Å²) in [5.74, 6) is -1.00. The first-order chi connectivity index (χ1) is 7.56. The third-order valence-corrected chi connectivity index (χ3v) is 2.22. The highest BCUT2D eigenvalue weighted by molar-refractivity contribution is 5.95. The quantitative estimate of drug-likeness (QED) is 0.745. The highest BCUT2D eigenvalue weighted by Gasteiger charge is 2.13. The maximum atomic E-state index is 11.0. The molecule has 0 aliphatic carbocycles. The van der Waals surface area contributed by atoms with E-state index in [9.17, 15) is 4.79 Å². The normalized spacial score (nSPS) is 9.50. The Hall–Kier alpha value is -2.22. The summed E-state index contributed by atoms with van der Waals surface area (Å²) in [7, 11) is 1.73. The van der Waals surface area contributed by atoms with Crippen molar-refractivity contribution in [3.05, 3.63) is 23.8 Å². The maximum Gasteiger partial charge on any atom is 0.337 e. The molecule has 3 N–H and O–H groups in total. The van der Waals surface area contributed by atoms with Crippen LogP contribution in [0.25, 0.3) is 0 Å². The number of aromatic carboxylic acids is 1. The Balaban J connectivity index is 3.05. The molecule has 0 fully saturated rings. The topological polar surface area (TPSA) is 90.4 Å². The molecule has 0 aliphatic heterocycles. The van der Waals surface area contributed by atoms with E-state index in [0.717, 1.165) is 0 Å². The molecule has 5 heteroatoms. The van der Waals surface area contributed by atoms with Crippen LogP contribution in [0.3, 0.4) is 0 Å². The number of hydrogen-bond acceptors (Lipinski definition) is 4. The van der Waals surface area contributed by atoms with Gasteiger partial charge < -0.3 is 15.7 Å². The van der Waals surface area contributed by atoms with Crippen LogP contribution in [0.5, 0.6) is 0 Å². The van der Waals surface area contributed by atoms with Gasteiger partial charge >= 0.3 is 5.97 Å². The summed E-state index contributed by atoms with van der Waals surface area (Å²) in [5, 5.41) is 17.5. The molecule has 16 heavy (non-hydrogen) atoms. The number of carboxylic acids is 1. The van der Waals surface area contributed by atoms with Gasteiger partial charge in [0.2, 0.25) is 0 Å². The SMILES string of the molecule is CN(CCC#N)c1cc(N)ccc1C(=O)O. The summed E-state index contributed by atoms with van der Waals surface area (Å²) >= 11 is 0. The van der Waals surface area contributed by atoms with Crippen LogP contribution in [0.15, 0.2) is 18.2 Å². The Morgan fingerprint density at radius 1 is 1.62 bits per heavy atom. The van der Waals surface area contributed by atoms with E-state index in [1.54, 1.807) is 24.1 Å². The minimum Gasteiger partial charge on any atom is -0.478 e. The lowest BCUT2D eigenvalue weighted by Gasteiger charge is -2.20. The van der Waals surface area contributed by atoms with Gasteiger partial charge in [-0.05, 0) is 18.2 Å². The van der Waals surface area contributed by atoms with Crippen LogP contribution in [0.4, 0.5) is 11.4 Å². The van der Waals surface area contributed by atoms with E-state index >= 15 is 0 Å². The lowest BCUT2D eigenvalue weighted by atomic mass is 10.1. The molecule has 5 nitrogen and oxygen atoms in total. The largest absolute Gasteiger partial charge is 0.478 e. The Morgan fingerprint density at radius 2 is 2.31 bits per heavy atom. The number of anilines is 2. The van der Waals surface area contributed by atoms with Crippen LogP contribution in [-0.2, 0) is 0 Å². The average Bonchev–Trinajstić information content (AvgIpc) is 2.25. The van der Waals surface area contributed by atoms with Gasteiger partial charge in [-0.25, -0.2) is 4.79 Å². The van der Waals surface area contributed by atoms with Crippen LogP contribution in [0, 0.1) is 11.3 Å². The third kappa shape index (κ3) is 2.64. The molecule has 0 heterocycles. The van der Waals surface area contributed by atoms with E-state index in [4.69, 9.17) is 16.1 Å². The van der Waals surface area contributed by atoms with Gasteiger partial charge in [-0.2, -0.15) is 5.26 Å². The van der Waals surface area contributed by atoms with Crippen molar-refractivity contribution in [3.63, 3.8) is 0 Å². The molecule has 0 atom stereocenters. The molecule has 0 saturated heterocycles. The predicted molar refractivity (Wildman–Crippen MR) is 61.3 cm³/mol. The fraction of sp³-hybridized carbons (Fsp3) is 0.273. The number of hydrogen-bond donors (Lipinski definition) is 2. The summed E-state index contributed by atoms with van der Waals surface area (Å²) in [6, 6.07) is 6.62. The molecule has 0 aromatic heterocycles. The Kier molecular flexibility index (Phi) is 3.72. The maximum absolute atomic E-state index is 11.0. The van der Waals surface area contributed by atoms with E-state index in [2.05, 4.69) is 0 Å². The fourth-order valence-electron chi connectivity index (χ4n) is 1.38. The van der Waals surface area contributed by atoms with Crippen LogP contribution in [0.1, 0.15) is 16.8 Å². The van der Waals surface area contributed by atoms with E-state index in [-0.39, 0.29) is 5.56 Å². The number of benzene rings is 1. The molecule has 1 aromatic carbocycles. The molecule has 0 amide bonds. The number of nitrogens with zero attached hydrogens (tertiary/aromatic N) is 2. The van der Waals surface area contributed by atoms with Gasteiger partial charge in [0.05, 0.1) is 23.7 Å². The minimum absolute atomic E-state index is 0.189. The number of nitrogen functional groups attached to an aromatic ring is 1. The highest BCUT2D eigenvalue weighted by Crippen LogP contribution is 2.22. The second kappa shape index (κ2) is 5.03. The van der Waals surface area contributed by atoms with Crippen LogP contribution in [0.2, 0.25) is 0 Å². The molecular formula is C11H13N3O2. The van der Waals surface area contributed by atoms with Crippen molar-refractivity contribution in [1.82, 2.24) is 0 Å². The van der Waals surface area contributed by atoms with Crippen LogP contribution < -0.4 is 10.6 Å².